The van der Waals surface area contributed by atoms with Crippen LogP contribution in [-0.4, -0.2) is 25.9 Å². The first kappa shape index (κ1) is 19.2. The lowest BCUT2D eigenvalue weighted by molar-refractivity contribution is 0.481. The van der Waals surface area contributed by atoms with Crippen LogP contribution >= 0.6 is 23.2 Å². The fraction of sp³-hybridized carbons (Fsp3) is 0.143. The molecule has 6 nitrogen and oxygen atoms in total. The van der Waals surface area contributed by atoms with Gasteiger partial charge in [-0.25, -0.2) is 0 Å². The van der Waals surface area contributed by atoms with Crippen LogP contribution in [-0.2, 0) is 20.2 Å². The van der Waals surface area contributed by atoms with E-state index in [0.29, 0.717) is 11.1 Å². The van der Waals surface area contributed by atoms with Crippen LogP contribution in [0, 0.1) is 0 Å². The second-order valence-electron chi connectivity index (χ2n) is 5.05. The Morgan fingerprint density at radius 2 is 1.12 bits per heavy atom. The van der Waals surface area contributed by atoms with Crippen molar-refractivity contribution >= 4 is 43.4 Å². The van der Waals surface area contributed by atoms with Crippen LogP contribution in [0.2, 0.25) is 10.0 Å². The minimum atomic E-state index is -4.50. The van der Waals surface area contributed by atoms with E-state index in [0.717, 1.165) is 0 Å². The summed E-state index contributed by atoms with van der Waals surface area (Å²) >= 11 is 11.5. The molecule has 10 heteroatoms. The van der Waals surface area contributed by atoms with Crippen LogP contribution in [0.5, 0.6) is 0 Å². The van der Waals surface area contributed by atoms with E-state index in [-0.39, 0.29) is 10.0 Å². The Kier molecular flexibility index (Phi) is 5.29. The molecule has 2 N–H and O–H groups in total. The summed E-state index contributed by atoms with van der Waals surface area (Å²) in [6.07, 6.45) is 0. The molecule has 0 atom stereocenters. The van der Waals surface area contributed by atoms with Crippen molar-refractivity contribution in [2.24, 2.45) is 0 Å². The molecule has 0 aromatic heterocycles. The number of halogens is 2. The summed E-state index contributed by atoms with van der Waals surface area (Å²) in [5, 5.41) is -0.272. The molecule has 0 bridgehead atoms. The van der Waals surface area contributed by atoms with Crippen molar-refractivity contribution < 1.29 is 25.9 Å². The van der Waals surface area contributed by atoms with Gasteiger partial charge in [0, 0.05) is 5.92 Å². The summed E-state index contributed by atoms with van der Waals surface area (Å²) < 4.78 is 63.7. The van der Waals surface area contributed by atoms with Crippen molar-refractivity contribution in [3.8, 4) is 0 Å². The number of hydrogen-bond acceptors (Lipinski definition) is 4. The molecule has 0 aliphatic rings. The van der Waals surface area contributed by atoms with Gasteiger partial charge in [0.1, 0.15) is 9.79 Å². The molecule has 2 aromatic carbocycles. The van der Waals surface area contributed by atoms with Crippen LogP contribution < -0.4 is 0 Å². The highest BCUT2D eigenvalue weighted by Gasteiger charge is 2.20. The summed E-state index contributed by atoms with van der Waals surface area (Å²) in [5.74, 6) is -0.458. The van der Waals surface area contributed by atoms with Gasteiger partial charge in [0.25, 0.3) is 20.2 Å². The summed E-state index contributed by atoms with van der Waals surface area (Å²) in [4.78, 5) is -0.894. The summed E-state index contributed by atoms with van der Waals surface area (Å²) in [6.45, 7) is 1.69. The largest absolute Gasteiger partial charge is 0.296 e. The van der Waals surface area contributed by atoms with Gasteiger partial charge in [-0.1, -0.05) is 42.3 Å². The lowest BCUT2D eigenvalue weighted by atomic mass is 9.93. The fourth-order valence-corrected chi connectivity index (χ4v) is 4.19. The smallest absolute Gasteiger partial charge is 0.282 e. The van der Waals surface area contributed by atoms with Crippen LogP contribution in [0.1, 0.15) is 24.0 Å². The zero-order valence-corrected chi connectivity index (χ0v) is 15.3. The molecule has 0 radical (unpaired) electrons. The molecule has 0 unspecified atom stereocenters. The second-order valence-corrected chi connectivity index (χ2v) is 8.65. The zero-order chi connectivity index (χ0) is 18.3. The maximum atomic E-state index is 11.3. The molecule has 0 amide bonds. The first-order valence-electron chi connectivity index (χ1n) is 6.45. The number of benzene rings is 2. The minimum Gasteiger partial charge on any atom is -0.282 e. The Labute approximate surface area is 149 Å². The van der Waals surface area contributed by atoms with Crippen molar-refractivity contribution in [1.82, 2.24) is 0 Å². The second kappa shape index (κ2) is 6.62. The third-order valence-corrected chi connectivity index (χ3v) is 6.14. The first-order valence-corrected chi connectivity index (χ1v) is 10.1. The van der Waals surface area contributed by atoms with Gasteiger partial charge >= 0.3 is 0 Å². The van der Waals surface area contributed by atoms with Crippen LogP contribution in [0.25, 0.3) is 0 Å². The van der Waals surface area contributed by atoms with Gasteiger partial charge in [-0.05, 0) is 35.4 Å². The quantitative estimate of drug-likeness (QED) is 0.744. The Hall–Kier alpha value is -1.16. The van der Waals surface area contributed by atoms with E-state index in [4.69, 9.17) is 23.2 Å². The van der Waals surface area contributed by atoms with Crippen LogP contribution in [0.3, 0.4) is 0 Å². The Morgan fingerprint density at radius 3 is 1.42 bits per heavy atom. The SMILES string of the molecule is CC(c1ccc(Cl)c(S(=O)(=O)O)c1)c1ccc(Cl)c(S(=O)(=O)O)c1. The molecule has 130 valence electrons. The van der Waals surface area contributed by atoms with E-state index in [1.54, 1.807) is 19.1 Å². The summed E-state index contributed by atoms with van der Waals surface area (Å²) in [6, 6.07) is 8.12. The standard InChI is InChI=1S/C14H12Cl2O6S2/c1-8(9-2-4-11(15)13(6-9)23(17,18)19)10-3-5-12(16)14(7-10)24(20,21)22/h2-8H,1H3,(H,17,18,19)(H,20,21,22). The highest BCUT2D eigenvalue weighted by molar-refractivity contribution is 7.86. The Bertz CT molecular complexity index is 918. The van der Waals surface area contributed by atoms with Gasteiger partial charge in [0.15, 0.2) is 0 Å². The van der Waals surface area contributed by atoms with Gasteiger partial charge in [-0.2, -0.15) is 16.8 Å². The summed E-state index contributed by atoms with van der Waals surface area (Å²) in [7, 11) is -9.00. The first-order chi connectivity index (χ1) is 10.9. The van der Waals surface area contributed by atoms with Gasteiger partial charge in [-0.15, -0.1) is 0 Å². The molecule has 2 aromatic rings. The monoisotopic (exact) mass is 410 g/mol. The molecular formula is C14H12Cl2O6S2. The normalized spacial score (nSPS) is 12.6. The van der Waals surface area contributed by atoms with Gasteiger partial charge < -0.3 is 0 Å². The molecule has 0 fully saturated rings. The molecule has 0 saturated carbocycles. The summed E-state index contributed by atoms with van der Waals surface area (Å²) in [5.41, 5.74) is 0.936. The zero-order valence-electron chi connectivity index (χ0n) is 12.1. The van der Waals surface area contributed by atoms with Crippen LogP contribution in [0.15, 0.2) is 46.2 Å². The van der Waals surface area contributed by atoms with E-state index >= 15 is 0 Å². The lowest BCUT2D eigenvalue weighted by Gasteiger charge is -2.15. The van der Waals surface area contributed by atoms with Crippen molar-refractivity contribution in [1.29, 1.82) is 0 Å². The topological polar surface area (TPSA) is 109 Å². The Morgan fingerprint density at radius 1 is 0.792 bits per heavy atom. The molecule has 0 aliphatic carbocycles. The third-order valence-electron chi connectivity index (χ3n) is 3.47. The van der Waals surface area contributed by atoms with Gasteiger partial charge in [-0.3, -0.25) is 9.11 Å². The van der Waals surface area contributed by atoms with Crippen molar-refractivity contribution in [3.63, 3.8) is 0 Å². The predicted molar refractivity (Wildman–Crippen MR) is 90.1 cm³/mol. The Balaban J connectivity index is 2.56. The molecular weight excluding hydrogens is 399 g/mol. The fourth-order valence-electron chi connectivity index (χ4n) is 2.17. The van der Waals surface area contributed by atoms with Gasteiger partial charge in [0.05, 0.1) is 10.0 Å². The van der Waals surface area contributed by atoms with E-state index < -0.39 is 35.9 Å². The highest BCUT2D eigenvalue weighted by atomic mass is 35.5. The molecule has 0 spiro atoms. The maximum absolute atomic E-state index is 11.3. The lowest BCUT2D eigenvalue weighted by Crippen LogP contribution is -2.05. The average molecular weight is 411 g/mol. The average Bonchev–Trinajstić information content (AvgIpc) is 2.45. The van der Waals surface area contributed by atoms with E-state index in [1.807, 2.05) is 0 Å². The number of rotatable bonds is 4. The molecule has 2 rings (SSSR count). The van der Waals surface area contributed by atoms with Crippen molar-refractivity contribution in [2.75, 3.05) is 0 Å². The molecule has 0 heterocycles. The van der Waals surface area contributed by atoms with E-state index in [9.17, 15) is 25.9 Å². The maximum Gasteiger partial charge on any atom is 0.296 e. The van der Waals surface area contributed by atoms with Crippen molar-refractivity contribution in [3.05, 3.63) is 57.6 Å². The molecule has 0 aliphatic heterocycles. The minimum absolute atomic E-state index is 0.136. The molecule has 24 heavy (non-hydrogen) atoms. The number of hydrogen-bond donors (Lipinski definition) is 2. The predicted octanol–water partition coefficient (Wildman–Crippen LogP) is 3.64. The van der Waals surface area contributed by atoms with E-state index in [1.165, 1.54) is 24.3 Å². The molecule has 0 saturated heterocycles. The van der Waals surface area contributed by atoms with Gasteiger partial charge in [0.2, 0.25) is 0 Å². The van der Waals surface area contributed by atoms with E-state index in [2.05, 4.69) is 0 Å². The third kappa shape index (κ3) is 4.08. The van der Waals surface area contributed by atoms with Crippen LogP contribution in [0.4, 0.5) is 0 Å². The highest BCUT2D eigenvalue weighted by Crippen LogP contribution is 2.32. The van der Waals surface area contributed by atoms with Crippen molar-refractivity contribution in [2.45, 2.75) is 22.6 Å².